The molecule has 0 spiro atoms. The van der Waals surface area contributed by atoms with E-state index in [-0.39, 0.29) is 5.78 Å². The van der Waals surface area contributed by atoms with Gasteiger partial charge >= 0.3 is 0 Å². The normalized spacial score (nSPS) is 11.7. The Bertz CT molecular complexity index is 546. The molecule has 0 saturated carbocycles. The minimum Gasteiger partial charge on any atom is -0.489 e. The van der Waals surface area contributed by atoms with E-state index < -0.39 is 6.10 Å². The van der Waals surface area contributed by atoms with Crippen molar-refractivity contribution < 1.29 is 14.3 Å². The standard InChI is InChI=1S/C17H18O3/c1-13(18)14(2)20-17-10-8-16(9-11-17)19-12-15-6-4-3-5-7-15/h3-11,14H,12H2,1-2H3. The van der Waals surface area contributed by atoms with Crippen LogP contribution in [-0.4, -0.2) is 11.9 Å². The van der Waals surface area contributed by atoms with Crippen molar-refractivity contribution in [2.24, 2.45) is 0 Å². The predicted molar refractivity (Wildman–Crippen MR) is 78.0 cm³/mol. The summed E-state index contributed by atoms with van der Waals surface area (Å²) >= 11 is 0. The summed E-state index contributed by atoms with van der Waals surface area (Å²) in [4.78, 5) is 11.1. The zero-order valence-corrected chi connectivity index (χ0v) is 11.7. The maximum atomic E-state index is 11.1. The number of Topliss-reactive ketones (excluding diaryl/α,β-unsaturated/α-hetero) is 1. The molecule has 0 N–H and O–H groups in total. The van der Waals surface area contributed by atoms with Crippen LogP contribution in [0.2, 0.25) is 0 Å². The van der Waals surface area contributed by atoms with Crippen LogP contribution in [0.15, 0.2) is 54.6 Å². The lowest BCUT2D eigenvalue weighted by molar-refractivity contribution is -0.122. The summed E-state index contributed by atoms with van der Waals surface area (Å²) in [6.07, 6.45) is -0.425. The van der Waals surface area contributed by atoms with Crippen molar-refractivity contribution in [2.45, 2.75) is 26.6 Å². The van der Waals surface area contributed by atoms with Crippen molar-refractivity contribution in [3.8, 4) is 11.5 Å². The summed E-state index contributed by atoms with van der Waals surface area (Å²) in [5.74, 6) is 1.45. The fourth-order valence-electron chi connectivity index (χ4n) is 1.64. The van der Waals surface area contributed by atoms with Gasteiger partial charge in [0, 0.05) is 0 Å². The van der Waals surface area contributed by atoms with Gasteiger partial charge in [-0.15, -0.1) is 0 Å². The molecule has 0 aliphatic rings. The second-order valence-electron chi connectivity index (χ2n) is 4.62. The molecule has 0 heterocycles. The Kier molecular flexibility index (Phi) is 4.77. The van der Waals surface area contributed by atoms with Gasteiger partial charge in [-0.2, -0.15) is 0 Å². The first kappa shape index (κ1) is 14.1. The summed E-state index contributed by atoms with van der Waals surface area (Å²) < 4.78 is 11.2. The molecule has 0 saturated heterocycles. The van der Waals surface area contributed by atoms with Crippen LogP contribution in [0.5, 0.6) is 11.5 Å². The van der Waals surface area contributed by atoms with Gasteiger partial charge in [0.2, 0.25) is 0 Å². The molecule has 0 radical (unpaired) electrons. The smallest absolute Gasteiger partial charge is 0.169 e. The molecule has 0 fully saturated rings. The number of carbonyl (C=O) groups is 1. The molecule has 2 aromatic rings. The molecule has 3 nitrogen and oxygen atoms in total. The van der Waals surface area contributed by atoms with Crippen molar-refractivity contribution in [1.29, 1.82) is 0 Å². The Hall–Kier alpha value is -2.29. The monoisotopic (exact) mass is 270 g/mol. The lowest BCUT2D eigenvalue weighted by Crippen LogP contribution is -2.20. The van der Waals surface area contributed by atoms with Gasteiger partial charge in [0.25, 0.3) is 0 Å². The van der Waals surface area contributed by atoms with Crippen LogP contribution >= 0.6 is 0 Å². The first-order valence-corrected chi connectivity index (χ1v) is 6.59. The molecule has 0 aliphatic heterocycles. The SMILES string of the molecule is CC(=O)C(C)Oc1ccc(OCc2ccccc2)cc1. The fraction of sp³-hybridized carbons (Fsp3) is 0.235. The highest BCUT2D eigenvalue weighted by Gasteiger charge is 2.08. The third-order valence-corrected chi connectivity index (χ3v) is 2.96. The zero-order valence-electron chi connectivity index (χ0n) is 11.7. The molecule has 1 unspecified atom stereocenters. The molecule has 3 heteroatoms. The third-order valence-electron chi connectivity index (χ3n) is 2.96. The minimum atomic E-state index is -0.425. The molecule has 104 valence electrons. The predicted octanol–water partition coefficient (Wildman–Crippen LogP) is 3.62. The quantitative estimate of drug-likeness (QED) is 0.804. The first-order valence-electron chi connectivity index (χ1n) is 6.59. The van der Waals surface area contributed by atoms with Gasteiger partial charge in [-0.3, -0.25) is 4.79 Å². The number of rotatable bonds is 6. The van der Waals surface area contributed by atoms with Crippen molar-refractivity contribution in [3.05, 3.63) is 60.2 Å². The molecule has 2 aromatic carbocycles. The van der Waals surface area contributed by atoms with Crippen LogP contribution in [-0.2, 0) is 11.4 Å². The first-order chi connectivity index (χ1) is 9.65. The van der Waals surface area contributed by atoms with Gasteiger partial charge in [-0.25, -0.2) is 0 Å². The largest absolute Gasteiger partial charge is 0.489 e. The van der Waals surface area contributed by atoms with Gasteiger partial charge in [0.1, 0.15) is 18.1 Å². The number of carbonyl (C=O) groups excluding carboxylic acids is 1. The molecule has 20 heavy (non-hydrogen) atoms. The minimum absolute atomic E-state index is 0.00871. The Morgan fingerprint density at radius 3 is 2.20 bits per heavy atom. The molecule has 0 amide bonds. The number of benzene rings is 2. The Labute approximate surface area is 119 Å². The molecule has 0 aliphatic carbocycles. The molecule has 1 atom stereocenters. The van der Waals surface area contributed by atoms with E-state index in [0.29, 0.717) is 12.4 Å². The molecule has 2 rings (SSSR count). The summed E-state index contributed by atoms with van der Waals surface area (Å²) in [6.45, 7) is 3.79. The van der Waals surface area contributed by atoms with Crippen LogP contribution in [0.25, 0.3) is 0 Å². The Morgan fingerprint density at radius 2 is 1.60 bits per heavy atom. The average Bonchev–Trinajstić information content (AvgIpc) is 2.47. The number of hydrogen-bond donors (Lipinski definition) is 0. The molecule has 0 bridgehead atoms. The van der Waals surface area contributed by atoms with Crippen molar-refractivity contribution >= 4 is 5.78 Å². The summed E-state index contributed by atoms with van der Waals surface area (Å²) in [6, 6.07) is 17.3. The van der Waals surface area contributed by atoms with Gasteiger partial charge in [-0.1, -0.05) is 30.3 Å². The summed E-state index contributed by atoms with van der Waals surface area (Å²) in [5.41, 5.74) is 1.12. The molecule has 0 aromatic heterocycles. The van der Waals surface area contributed by atoms with E-state index in [9.17, 15) is 4.79 Å². The highest BCUT2D eigenvalue weighted by atomic mass is 16.5. The lowest BCUT2D eigenvalue weighted by atomic mass is 10.2. The second kappa shape index (κ2) is 6.75. The zero-order chi connectivity index (χ0) is 14.4. The van der Waals surface area contributed by atoms with E-state index in [0.717, 1.165) is 11.3 Å². The van der Waals surface area contributed by atoms with E-state index in [1.807, 2.05) is 42.5 Å². The average molecular weight is 270 g/mol. The van der Waals surface area contributed by atoms with Gasteiger partial charge in [-0.05, 0) is 43.7 Å². The van der Waals surface area contributed by atoms with Crippen molar-refractivity contribution in [3.63, 3.8) is 0 Å². The van der Waals surface area contributed by atoms with Gasteiger partial charge < -0.3 is 9.47 Å². The maximum Gasteiger partial charge on any atom is 0.169 e. The van der Waals surface area contributed by atoms with Crippen LogP contribution < -0.4 is 9.47 Å². The number of hydrogen-bond acceptors (Lipinski definition) is 3. The number of ether oxygens (including phenoxy) is 2. The molecular formula is C17H18O3. The highest BCUT2D eigenvalue weighted by Crippen LogP contribution is 2.19. The number of ketones is 1. The molecular weight excluding hydrogens is 252 g/mol. The van der Waals surface area contributed by atoms with Crippen molar-refractivity contribution in [2.75, 3.05) is 0 Å². The fourth-order valence-corrected chi connectivity index (χ4v) is 1.64. The lowest BCUT2D eigenvalue weighted by Gasteiger charge is -2.12. The van der Waals surface area contributed by atoms with E-state index in [1.54, 1.807) is 19.1 Å². The van der Waals surface area contributed by atoms with Crippen molar-refractivity contribution in [1.82, 2.24) is 0 Å². The highest BCUT2D eigenvalue weighted by molar-refractivity contribution is 5.80. The Morgan fingerprint density at radius 1 is 1.00 bits per heavy atom. The topological polar surface area (TPSA) is 35.5 Å². The van der Waals surface area contributed by atoms with E-state index >= 15 is 0 Å². The summed E-state index contributed by atoms with van der Waals surface area (Å²) in [5, 5.41) is 0. The Balaban J connectivity index is 1.90. The second-order valence-corrected chi connectivity index (χ2v) is 4.62. The van der Waals surface area contributed by atoms with Gasteiger partial charge in [0.15, 0.2) is 11.9 Å². The van der Waals surface area contributed by atoms with Crippen LogP contribution in [0.4, 0.5) is 0 Å². The van der Waals surface area contributed by atoms with E-state index in [2.05, 4.69) is 0 Å². The van der Waals surface area contributed by atoms with Crippen LogP contribution in [0.3, 0.4) is 0 Å². The van der Waals surface area contributed by atoms with Crippen LogP contribution in [0, 0.1) is 0 Å². The maximum absolute atomic E-state index is 11.1. The summed E-state index contributed by atoms with van der Waals surface area (Å²) in [7, 11) is 0. The van der Waals surface area contributed by atoms with Gasteiger partial charge in [0.05, 0.1) is 0 Å². The van der Waals surface area contributed by atoms with Crippen LogP contribution in [0.1, 0.15) is 19.4 Å². The van der Waals surface area contributed by atoms with E-state index in [1.165, 1.54) is 6.92 Å². The van der Waals surface area contributed by atoms with E-state index in [4.69, 9.17) is 9.47 Å². The third kappa shape index (κ3) is 4.12.